The quantitative estimate of drug-likeness (QED) is 0.112. The van der Waals surface area contributed by atoms with Crippen molar-refractivity contribution in [1.29, 1.82) is 0 Å². The lowest BCUT2D eigenvalue weighted by molar-refractivity contribution is -0.00391. The SMILES string of the molecule is COC1(C)CCC(c2ccc(Cl)cc2)=C(CN2CCN(c3ccc(C(=O)O)c(N4CCCOc5nc6c(ccn6COCC[Si](C)(C)C)cc54)c3)CC2)C1. The van der Waals surface area contributed by atoms with Crippen molar-refractivity contribution in [3.63, 3.8) is 0 Å². The van der Waals surface area contributed by atoms with Crippen LogP contribution in [0.25, 0.3) is 16.6 Å². The normalized spacial score (nSPS) is 19.9. The Balaban J connectivity index is 1.10. The van der Waals surface area contributed by atoms with E-state index >= 15 is 0 Å². The molecule has 0 saturated carbocycles. The number of halogens is 1. The van der Waals surface area contributed by atoms with Crippen LogP contribution in [0.3, 0.4) is 0 Å². The fourth-order valence-electron chi connectivity index (χ4n) is 7.89. The van der Waals surface area contributed by atoms with Gasteiger partial charge < -0.3 is 33.7 Å². The van der Waals surface area contributed by atoms with E-state index in [1.165, 1.54) is 16.7 Å². The van der Waals surface area contributed by atoms with Crippen molar-refractivity contribution in [2.75, 3.05) is 69.4 Å². The summed E-state index contributed by atoms with van der Waals surface area (Å²) >= 11 is 6.24. The number of pyridine rings is 1. The molecule has 1 atom stereocenters. The zero-order chi connectivity index (χ0) is 38.0. The number of piperazine rings is 1. The first-order valence-electron chi connectivity index (χ1n) is 19.2. The summed E-state index contributed by atoms with van der Waals surface area (Å²) in [6, 6.07) is 19.2. The first kappa shape index (κ1) is 38.4. The molecule has 4 heterocycles. The molecule has 10 nitrogen and oxygen atoms in total. The van der Waals surface area contributed by atoms with Gasteiger partial charge in [0.05, 0.1) is 23.5 Å². The van der Waals surface area contributed by atoms with Crippen LogP contribution < -0.4 is 14.5 Å². The van der Waals surface area contributed by atoms with Crippen LogP contribution in [-0.2, 0) is 16.2 Å². The van der Waals surface area contributed by atoms with E-state index in [0.29, 0.717) is 31.4 Å². The van der Waals surface area contributed by atoms with Gasteiger partial charge in [0.1, 0.15) is 18.1 Å². The number of carboxylic acids is 1. The molecule has 2 aliphatic heterocycles. The van der Waals surface area contributed by atoms with Crippen LogP contribution in [-0.4, -0.2) is 98.8 Å². The maximum Gasteiger partial charge on any atom is 0.337 e. The van der Waals surface area contributed by atoms with E-state index in [4.69, 9.17) is 30.8 Å². The standard InChI is InChI=1S/C42H54ClN5O5Si/c1-42(51-2)15-13-35(30-7-9-33(43)10-8-30)32(27-42)28-45-18-20-46(21-19-45)34-11-12-36(41(49)50)37(26-34)48-16-6-22-53-40-38(48)25-31-14-17-47(39(31)44-40)29-52-23-24-54(3,4)5/h7-12,14,17,25-26H,6,13,15-16,18-24,27-29H2,1-5H3,(H,49,50). The fourth-order valence-corrected chi connectivity index (χ4v) is 8.77. The van der Waals surface area contributed by atoms with Gasteiger partial charge >= 0.3 is 5.97 Å². The van der Waals surface area contributed by atoms with Crippen molar-refractivity contribution in [2.45, 2.75) is 70.6 Å². The summed E-state index contributed by atoms with van der Waals surface area (Å²) in [6.07, 6.45) is 5.60. The molecule has 2 aromatic carbocycles. The number of aromatic nitrogens is 2. The second-order valence-corrected chi connectivity index (χ2v) is 22.5. The maximum absolute atomic E-state index is 12.7. The number of hydrogen-bond acceptors (Lipinski definition) is 8. The second-order valence-electron chi connectivity index (χ2n) is 16.4. The van der Waals surface area contributed by atoms with Crippen molar-refractivity contribution >= 4 is 59.3 Å². The van der Waals surface area contributed by atoms with E-state index in [1.807, 2.05) is 48.2 Å². The molecule has 0 spiro atoms. The molecule has 4 aromatic rings. The van der Waals surface area contributed by atoms with Gasteiger partial charge in [0, 0.05) is 83.4 Å². The highest BCUT2D eigenvalue weighted by molar-refractivity contribution is 6.76. The maximum atomic E-state index is 12.7. The molecule has 1 unspecified atom stereocenters. The molecule has 12 heteroatoms. The van der Waals surface area contributed by atoms with Crippen molar-refractivity contribution < 1.29 is 24.1 Å². The predicted octanol–water partition coefficient (Wildman–Crippen LogP) is 8.79. The zero-order valence-corrected chi connectivity index (χ0v) is 34.1. The first-order valence-corrected chi connectivity index (χ1v) is 23.3. The summed E-state index contributed by atoms with van der Waals surface area (Å²) in [5.74, 6) is -0.444. The minimum atomic E-state index is -1.19. The molecule has 288 valence electrons. The number of allylic oxidation sites excluding steroid dienone is 1. The Morgan fingerprint density at radius 3 is 2.52 bits per heavy atom. The van der Waals surface area contributed by atoms with Gasteiger partial charge in [0.15, 0.2) is 0 Å². The number of carboxylic acid groups (broad SMARTS) is 1. The molecular formula is C42H54ClN5O5Si. The van der Waals surface area contributed by atoms with E-state index in [2.05, 4.69) is 59.5 Å². The molecule has 1 saturated heterocycles. The smallest absolute Gasteiger partial charge is 0.337 e. The van der Waals surface area contributed by atoms with E-state index in [0.717, 1.165) is 98.5 Å². The molecule has 1 N–H and O–H groups in total. The largest absolute Gasteiger partial charge is 0.478 e. The van der Waals surface area contributed by atoms with Gasteiger partial charge in [-0.25, -0.2) is 4.79 Å². The van der Waals surface area contributed by atoms with Crippen LogP contribution in [0.5, 0.6) is 5.88 Å². The van der Waals surface area contributed by atoms with Gasteiger partial charge in [-0.3, -0.25) is 4.90 Å². The second kappa shape index (κ2) is 16.1. The zero-order valence-electron chi connectivity index (χ0n) is 32.4. The molecule has 0 bridgehead atoms. The number of ether oxygens (including phenoxy) is 3. The molecule has 1 fully saturated rings. The van der Waals surface area contributed by atoms with Crippen LogP contribution in [0.4, 0.5) is 17.1 Å². The van der Waals surface area contributed by atoms with Crippen molar-refractivity contribution in [1.82, 2.24) is 14.5 Å². The average Bonchev–Trinajstić information content (AvgIpc) is 3.42. The summed E-state index contributed by atoms with van der Waals surface area (Å²) < 4.78 is 20.3. The highest BCUT2D eigenvalue weighted by atomic mass is 35.5. The lowest BCUT2D eigenvalue weighted by Gasteiger charge is -2.40. The highest BCUT2D eigenvalue weighted by Crippen LogP contribution is 2.42. The predicted molar refractivity (Wildman–Crippen MR) is 221 cm³/mol. The van der Waals surface area contributed by atoms with Gasteiger partial charge in [-0.2, -0.15) is 4.98 Å². The first-order chi connectivity index (χ1) is 25.9. The molecule has 0 radical (unpaired) electrons. The van der Waals surface area contributed by atoms with Gasteiger partial charge in [-0.15, -0.1) is 0 Å². The van der Waals surface area contributed by atoms with E-state index in [9.17, 15) is 9.90 Å². The Bertz CT molecular complexity index is 2000. The lowest BCUT2D eigenvalue weighted by Crippen LogP contribution is -2.47. The van der Waals surface area contributed by atoms with E-state index in [-0.39, 0.29) is 11.2 Å². The third kappa shape index (κ3) is 8.66. The van der Waals surface area contributed by atoms with Crippen LogP contribution in [0.15, 0.2) is 66.4 Å². The number of rotatable bonds is 12. The Morgan fingerprint density at radius 1 is 1.02 bits per heavy atom. The summed E-state index contributed by atoms with van der Waals surface area (Å²) in [4.78, 5) is 24.6. The minimum Gasteiger partial charge on any atom is -0.478 e. The summed E-state index contributed by atoms with van der Waals surface area (Å²) in [7, 11) is 0.636. The number of nitrogens with zero attached hydrogens (tertiary/aromatic N) is 5. The summed E-state index contributed by atoms with van der Waals surface area (Å²) in [5.41, 5.74) is 7.43. The van der Waals surface area contributed by atoms with Crippen molar-refractivity contribution in [2.24, 2.45) is 0 Å². The molecule has 7 rings (SSSR count). The van der Waals surface area contributed by atoms with Crippen LogP contribution in [0.2, 0.25) is 30.7 Å². The number of methoxy groups -OCH3 is 1. The topological polar surface area (TPSA) is 92.5 Å². The van der Waals surface area contributed by atoms with E-state index < -0.39 is 14.0 Å². The van der Waals surface area contributed by atoms with Gasteiger partial charge in [0.2, 0.25) is 5.88 Å². The molecular weight excluding hydrogens is 718 g/mol. The number of anilines is 3. The Labute approximate surface area is 325 Å². The summed E-state index contributed by atoms with van der Waals surface area (Å²) in [6.45, 7) is 15.9. The fraction of sp³-hybridized carbons (Fsp3) is 0.476. The van der Waals surface area contributed by atoms with Crippen LogP contribution in [0.1, 0.15) is 48.5 Å². The summed E-state index contributed by atoms with van der Waals surface area (Å²) in [5, 5.41) is 12.1. The van der Waals surface area contributed by atoms with Crippen molar-refractivity contribution in [3.8, 4) is 5.88 Å². The number of aromatic carboxylic acids is 1. The van der Waals surface area contributed by atoms with Crippen molar-refractivity contribution in [3.05, 3.63) is 82.5 Å². The number of fused-ring (bicyclic) bond motifs is 2. The number of benzene rings is 2. The van der Waals surface area contributed by atoms with Crippen LogP contribution in [0, 0.1) is 0 Å². The molecule has 0 amide bonds. The van der Waals surface area contributed by atoms with Gasteiger partial charge in [0.25, 0.3) is 0 Å². The lowest BCUT2D eigenvalue weighted by atomic mass is 9.79. The Kier molecular flexibility index (Phi) is 11.4. The molecule has 2 aromatic heterocycles. The van der Waals surface area contributed by atoms with E-state index in [1.54, 1.807) is 6.07 Å². The Morgan fingerprint density at radius 2 is 1.80 bits per heavy atom. The highest BCUT2D eigenvalue weighted by Gasteiger charge is 2.33. The third-order valence-electron chi connectivity index (χ3n) is 11.2. The minimum absolute atomic E-state index is 0.168. The Hall–Kier alpha value is -3.87. The third-order valence-corrected chi connectivity index (χ3v) is 13.2. The average molecular weight is 772 g/mol. The van der Waals surface area contributed by atoms with Crippen LogP contribution >= 0.6 is 11.6 Å². The molecule has 1 aliphatic carbocycles. The molecule has 3 aliphatic rings. The number of carbonyl (C=O) groups is 1. The monoisotopic (exact) mass is 771 g/mol. The van der Waals surface area contributed by atoms with Gasteiger partial charge in [-0.1, -0.05) is 43.4 Å². The van der Waals surface area contributed by atoms with Gasteiger partial charge in [-0.05, 0) is 97.8 Å². The molecule has 54 heavy (non-hydrogen) atoms. The number of hydrogen-bond donors (Lipinski definition) is 1.